The number of nitrogens with zero attached hydrogens (tertiary/aromatic N) is 5. The van der Waals surface area contributed by atoms with Crippen molar-refractivity contribution in [3.05, 3.63) is 77.9 Å². The van der Waals surface area contributed by atoms with Crippen LogP contribution in [0.15, 0.2) is 70.2 Å². The van der Waals surface area contributed by atoms with Gasteiger partial charge in [0.15, 0.2) is 15.5 Å². The van der Waals surface area contributed by atoms with Crippen molar-refractivity contribution in [2.24, 2.45) is 0 Å². The van der Waals surface area contributed by atoms with Gasteiger partial charge in [-0.15, -0.1) is 0 Å². The third-order valence-corrected chi connectivity index (χ3v) is 8.41. The second-order valence-electron chi connectivity index (χ2n) is 10.4. The number of para-hydroxylation sites is 1. The molecule has 0 radical (unpaired) electrons. The minimum absolute atomic E-state index is 0.0186. The summed E-state index contributed by atoms with van der Waals surface area (Å²) in [4.78, 5) is 31.7. The Morgan fingerprint density at radius 2 is 1.73 bits per heavy atom. The maximum absolute atomic E-state index is 13.6. The average molecular weight is 631 g/mol. The lowest BCUT2D eigenvalue weighted by Gasteiger charge is -2.30. The zero-order chi connectivity index (χ0) is 31.5. The summed E-state index contributed by atoms with van der Waals surface area (Å²) in [5, 5.41) is 10.1. The maximum Gasteiger partial charge on any atom is 0.435 e. The minimum atomic E-state index is -4.82. The largest absolute Gasteiger partial charge is 0.435 e. The molecular weight excluding hydrogens is 601 g/mol. The number of carbonyl (C=O) groups is 2. The first-order valence-electron chi connectivity index (χ1n) is 13.8. The van der Waals surface area contributed by atoms with Gasteiger partial charge in [0.25, 0.3) is 5.91 Å². The monoisotopic (exact) mass is 630 g/mol. The summed E-state index contributed by atoms with van der Waals surface area (Å²) in [7, 11) is -3.32. The van der Waals surface area contributed by atoms with Crippen molar-refractivity contribution in [1.82, 2.24) is 30.1 Å². The Bertz CT molecular complexity index is 1730. The molecule has 0 aliphatic carbocycles. The van der Waals surface area contributed by atoms with E-state index in [1.807, 2.05) is 0 Å². The summed E-state index contributed by atoms with van der Waals surface area (Å²) < 4.78 is 70.5. The molecule has 0 bridgehead atoms. The van der Waals surface area contributed by atoms with Gasteiger partial charge in [0.05, 0.1) is 16.1 Å². The molecule has 2 aromatic heterocycles. The third-order valence-electron chi connectivity index (χ3n) is 7.28. The van der Waals surface area contributed by atoms with Crippen molar-refractivity contribution in [3.8, 4) is 17.1 Å². The maximum atomic E-state index is 13.6. The fraction of sp³-hybridized carbons (Fsp3) is 0.345. The quantitative estimate of drug-likeness (QED) is 0.271. The second-order valence-corrected chi connectivity index (χ2v) is 12.5. The van der Waals surface area contributed by atoms with E-state index in [2.05, 4.69) is 20.6 Å². The Balaban J connectivity index is 1.09. The van der Waals surface area contributed by atoms with Crippen LogP contribution in [-0.4, -0.2) is 70.9 Å². The van der Waals surface area contributed by atoms with Crippen LogP contribution in [-0.2, 0) is 20.8 Å². The van der Waals surface area contributed by atoms with Crippen molar-refractivity contribution in [2.45, 2.75) is 42.7 Å². The lowest BCUT2D eigenvalue weighted by atomic mass is 9.96. The lowest BCUT2D eigenvalue weighted by Crippen LogP contribution is -2.38. The summed E-state index contributed by atoms with van der Waals surface area (Å²) in [6.07, 6.45) is -1.07. The number of sulfone groups is 1. The molecule has 2 aromatic carbocycles. The number of hydrogen-bond donors (Lipinski definition) is 1. The number of alkyl halides is 3. The Kier molecular flexibility index (Phi) is 8.85. The van der Waals surface area contributed by atoms with Crippen molar-refractivity contribution in [3.63, 3.8) is 0 Å². The molecule has 1 aliphatic rings. The highest BCUT2D eigenvalue weighted by Gasteiger charge is 2.39. The predicted molar refractivity (Wildman–Crippen MR) is 152 cm³/mol. The molecule has 3 heterocycles. The highest BCUT2D eigenvalue weighted by Crippen LogP contribution is 2.32. The van der Waals surface area contributed by atoms with Gasteiger partial charge in [0.2, 0.25) is 17.6 Å². The van der Waals surface area contributed by atoms with Gasteiger partial charge in [-0.2, -0.15) is 23.3 Å². The Labute approximate surface area is 251 Å². The molecule has 11 nitrogen and oxygen atoms in total. The Morgan fingerprint density at radius 3 is 2.36 bits per heavy atom. The number of rotatable bonds is 9. The molecule has 232 valence electrons. The number of piperidine rings is 1. The summed E-state index contributed by atoms with van der Waals surface area (Å²) >= 11 is 0. The minimum Gasteiger partial charge on any atom is -0.352 e. The van der Waals surface area contributed by atoms with Crippen LogP contribution >= 0.6 is 0 Å². The molecule has 1 fully saturated rings. The van der Waals surface area contributed by atoms with Gasteiger partial charge in [-0.3, -0.25) is 9.59 Å². The zero-order valence-electron chi connectivity index (χ0n) is 23.6. The second kappa shape index (κ2) is 12.6. The zero-order valence-corrected chi connectivity index (χ0v) is 24.4. The van der Waals surface area contributed by atoms with Crippen LogP contribution in [0.2, 0.25) is 0 Å². The summed E-state index contributed by atoms with van der Waals surface area (Å²) in [6.45, 7) is 0.944. The number of benzene rings is 2. The van der Waals surface area contributed by atoms with E-state index < -0.39 is 33.2 Å². The number of halogens is 3. The number of likely N-dealkylation sites (tertiary alicyclic amines) is 1. The average Bonchev–Trinajstić information content (AvgIpc) is 3.68. The Morgan fingerprint density at radius 1 is 1.05 bits per heavy atom. The molecule has 0 unspecified atom stereocenters. The predicted octanol–water partition coefficient (Wildman–Crippen LogP) is 4.26. The lowest BCUT2D eigenvalue weighted by molar-refractivity contribution is -0.141. The van der Waals surface area contributed by atoms with Gasteiger partial charge in [-0.1, -0.05) is 23.4 Å². The molecule has 2 amide bonds. The van der Waals surface area contributed by atoms with E-state index in [1.54, 1.807) is 47.4 Å². The van der Waals surface area contributed by atoms with Gasteiger partial charge >= 0.3 is 6.18 Å². The van der Waals surface area contributed by atoms with Crippen LogP contribution in [0.5, 0.6) is 0 Å². The summed E-state index contributed by atoms with van der Waals surface area (Å²) in [5.74, 6) is -0.304. The summed E-state index contributed by atoms with van der Waals surface area (Å²) in [5.41, 5.74) is -0.875. The van der Waals surface area contributed by atoms with Crippen LogP contribution in [0.3, 0.4) is 0 Å². The van der Waals surface area contributed by atoms with Crippen LogP contribution in [0.25, 0.3) is 17.1 Å². The molecule has 1 saturated heterocycles. The fourth-order valence-electron chi connectivity index (χ4n) is 4.90. The molecule has 4 aromatic rings. The first-order chi connectivity index (χ1) is 20.9. The molecule has 15 heteroatoms. The van der Waals surface area contributed by atoms with Crippen molar-refractivity contribution in [1.29, 1.82) is 0 Å². The van der Waals surface area contributed by atoms with Crippen LogP contribution in [0.4, 0.5) is 13.2 Å². The van der Waals surface area contributed by atoms with E-state index in [-0.39, 0.29) is 36.1 Å². The number of hydrogen-bond acceptors (Lipinski definition) is 8. The van der Waals surface area contributed by atoms with Gasteiger partial charge in [-0.25, -0.2) is 13.1 Å². The van der Waals surface area contributed by atoms with E-state index in [0.29, 0.717) is 48.9 Å². The third kappa shape index (κ3) is 7.15. The van der Waals surface area contributed by atoms with E-state index in [1.165, 1.54) is 12.1 Å². The first kappa shape index (κ1) is 30.9. The van der Waals surface area contributed by atoms with Crippen LogP contribution in [0.1, 0.15) is 53.5 Å². The fourth-order valence-corrected chi connectivity index (χ4v) is 5.53. The molecular formula is C29H29F3N6O5S. The van der Waals surface area contributed by atoms with Gasteiger partial charge < -0.3 is 14.7 Å². The summed E-state index contributed by atoms with van der Waals surface area (Å²) in [6, 6.07) is 14.4. The van der Waals surface area contributed by atoms with Gasteiger partial charge in [-0.05, 0) is 55.7 Å². The first-order valence-corrected chi connectivity index (χ1v) is 15.7. The molecule has 1 aliphatic heterocycles. The van der Waals surface area contributed by atoms with E-state index in [4.69, 9.17) is 4.52 Å². The smallest absolute Gasteiger partial charge is 0.352 e. The van der Waals surface area contributed by atoms with Crippen LogP contribution < -0.4 is 5.32 Å². The van der Waals surface area contributed by atoms with Crippen molar-refractivity contribution < 1.29 is 35.7 Å². The molecule has 1 N–H and O–H groups in total. The standard InChI is InChI=1S/C29H29F3N6O5S/c1-44(41,42)22-11-9-19(10-12-22)26-34-28(43-36-26)20-13-16-37(17-14-20)24(39)8-5-15-33-27(40)23-18-38(21-6-3-2-4-7-21)35-25(23)29(30,31)32/h2-4,6-7,9-12,18,20H,5,8,13-17H2,1H3,(H,33,40). The topological polar surface area (TPSA) is 140 Å². The molecule has 0 spiro atoms. The van der Waals surface area contributed by atoms with Crippen molar-refractivity contribution >= 4 is 21.7 Å². The Hall–Kier alpha value is -4.53. The van der Waals surface area contributed by atoms with Gasteiger partial charge in [0.1, 0.15) is 0 Å². The van der Waals surface area contributed by atoms with Crippen molar-refractivity contribution in [2.75, 3.05) is 25.9 Å². The van der Waals surface area contributed by atoms with Crippen LogP contribution in [0, 0.1) is 0 Å². The molecule has 0 atom stereocenters. The normalized spacial score (nSPS) is 14.5. The molecule has 5 rings (SSSR count). The highest BCUT2D eigenvalue weighted by atomic mass is 32.2. The number of nitrogens with one attached hydrogen (secondary N) is 1. The molecule has 44 heavy (non-hydrogen) atoms. The van der Waals surface area contributed by atoms with E-state index in [9.17, 15) is 31.2 Å². The number of carbonyl (C=O) groups excluding carboxylic acids is 2. The highest BCUT2D eigenvalue weighted by molar-refractivity contribution is 7.90. The SMILES string of the molecule is CS(=O)(=O)c1ccc(-c2noc(C3CCN(C(=O)CCCNC(=O)c4cn(-c5ccccc5)nc4C(F)(F)F)CC3)n2)cc1. The number of amides is 2. The molecule has 0 saturated carbocycles. The number of aromatic nitrogens is 4. The van der Waals surface area contributed by atoms with Gasteiger partial charge in [0, 0.05) is 50.0 Å². The van der Waals surface area contributed by atoms with E-state index in [0.717, 1.165) is 17.1 Å². The van der Waals surface area contributed by atoms with E-state index >= 15 is 0 Å².